The molecule has 0 aliphatic carbocycles. The number of aryl methyl sites for hydroxylation is 1. The maximum Gasteiger partial charge on any atom is 0.308 e. The number of aliphatic imine (C=N–C) groups is 1. The van der Waals surface area contributed by atoms with Crippen LogP contribution in [-0.2, 0) is 20.9 Å². The number of nitrogens with zero attached hydrogens (tertiary/aromatic N) is 4. The lowest BCUT2D eigenvalue weighted by atomic mass is 9.97. The van der Waals surface area contributed by atoms with Crippen LogP contribution in [0.25, 0.3) is 16.1 Å². The quantitative estimate of drug-likeness (QED) is 0.313. The van der Waals surface area contributed by atoms with Gasteiger partial charge in [0.15, 0.2) is 5.82 Å². The molecular weight excluding hydrogens is 488 g/mol. The number of carbonyl (C=O) groups is 1. The third-order valence-corrected chi connectivity index (χ3v) is 7.77. The minimum absolute atomic E-state index is 0.0684. The Kier molecular flexibility index (Phi) is 6.90. The van der Waals surface area contributed by atoms with Crippen molar-refractivity contribution in [3.8, 4) is 21.9 Å². The van der Waals surface area contributed by atoms with E-state index in [0.29, 0.717) is 12.4 Å². The molecule has 5 rings (SSSR count). The van der Waals surface area contributed by atoms with Gasteiger partial charge in [-0.05, 0) is 42.7 Å². The molecular formula is C28H28N4O4S. The van der Waals surface area contributed by atoms with Crippen LogP contribution in [0.4, 0.5) is 0 Å². The molecule has 0 radical (unpaired) electrons. The Hall–Kier alpha value is -3.82. The summed E-state index contributed by atoms with van der Waals surface area (Å²) < 4.78 is 17.9. The molecule has 1 aliphatic rings. The van der Waals surface area contributed by atoms with Gasteiger partial charge in [-0.3, -0.25) is 14.4 Å². The van der Waals surface area contributed by atoms with Crippen LogP contribution in [0.15, 0.2) is 53.5 Å². The highest BCUT2D eigenvalue weighted by atomic mass is 32.1. The highest BCUT2D eigenvalue weighted by Gasteiger charge is 2.33. The Labute approximate surface area is 219 Å². The number of carbonyl (C=O) groups excluding carboxylic acids is 1. The van der Waals surface area contributed by atoms with E-state index in [0.717, 1.165) is 55.0 Å². The average Bonchev–Trinajstić information content (AvgIpc) is 3.41. The molecule has 2 aromatic carbocycles. The Bertz CT molecular complexity index is 1490. The van der Waals surface area contributed by atoms with E-state index in [1.165, 1.54) is 7.11 Å². The van der Waals surface area contributed by atoms with Gasteiger partial charge in [0.1, 0.15) is 22.6 Å². The fourth-order valence-electron chi connectivity index (χ4n) is 4.59. The van der Waals surface area contributed by atoms with E-state index in [9.17, 15) is 4.79 Å². The van der Waals surface area contributed by atoms with Gasteiger partial charge in [0.2, 0.25) is 0 Å². The van der Waals surface area contributed by atoms with Crippen LogP contribution in [0.2, 0.25) is 0 Å². The predicted octanol–water partition coefficient (Wildman–Crippen LogP) is 5.22. The normalized spacial score (nSPS) is 14.4. The number of methoxy groups -OCH3 is 3. The zero-order chi connectivity index (χ0) is 26.1. The number of aromatic nitrogens is 3. The molecule has 0 fully saturated rings. The van der Waals surface area contributed by atoms with Gasteiger partial charge in [-0.2, -0.15) is 0 Å². The Balaban J connectivity index is 1.67. The van der Waals surface area contributed by atoms with Gasteiger partial charge >= 0.3 is 5.97 Å². The Morgan fingerprint density at radius 3 is 2.46 bits per heavy atom. The topological polar surface area (TPSA) is 87.8 Å². The first kappa shape index (κ1) is 24.9. The molecule has 2 aromatic heterocycles. The van der Waals surface area contributed by atoms with Crippen molar-refractivity contribution >= 4 is 23.0 Å². The largest absolute Gasteiger partial charge is 0.497 e. The molecule has 0 unspecified atom stereocenters. The van der Waals surface area contributed by atoms with Gasteiger partial charge in [-0.15, -0.1) is 21.5 Å². The number of thiophene rings is 1. The van der Waals surface area contributed by atoms with Crippen molar-refractivity contribution in [2.24, 2.45) is 4.99 Å². The van der Waals surface area contributed by atoms with Gasteiger partial charge in [-0.1, -0.05) is 36.4 Å². The summed E-state index contributed by atoms with van der Waals surface area (Å²) in [6, 6.07) is 15.7. The molecule has 0 spiro atoms. The van der Waals surface area contributed by atoms with Gasteiger partial charge in [0.05, 0.1) is 33.0 Å². The minimum atomic E-state index is -0.536. The van der Waals surface area contributed by atoms with E-state index in [-0.39, 0.29) is 12.4 Å². The van der Waals surface area contributed by atoms with Crippen molar-refractivity contribution in [3.05, 3.63) is 81.7 Å². The molecule has 37 heavy (non-hydrogen) atoms. The minimum Gasteiger partial charge on any atom is -0.497 e. The lowest BCUT2D eigenvalue weighted by molar-refractivity contribution is -0.141. The number of hydrogen-bond donors (Lipinski definition) is 0. The van der Waals surface area contributed by atoms with Crippen molar-refractivity contribution in [1.29, 1.82) is 0 Å². The van der Waals surface area contributed by atoms with Crippen LogP contribution in [0, 0.1) is 13.8 Å². The van der Waals surface area contributed by atoms with Crippen LogP contribution < -0.4 is 4.74 Å². The summed E-state index contributed by atoms with van der Waals surface area (Å²) in [5, 5.41) is 9.73. The van der Waals surface area contributed by atoms with E-state index in [4.69, 9.17) is 19.2 Å². The first-order valence-electron chi connectivity index (χ1n) is 11.9. The summed E-state index contributed by atoms with van der Waals surface area (Å²) in [5.74, 6) is 1.82. The zero-order valence-electron chi connectivity index (χ0n) is 21.4. The number of fused-ring (bicyclic) bond motifs is 3. The molecule has 1 aliphatic heterocycles. The lowest BCUT2D eigenvalue weighted by Gasteiger charge is -2.12. The maximum atomic E-state index is 12.4. The average molecular weight is 517 g/mol. The number of ether oxygens (including phenoxy) is 3. The van der Waals surface area contributed by atoms with Crippen molar-refractivity contribution in [2.75, 3.05) is 21.3 Å². The molecule has 0 bridgehead atoms. The first-order valence-corrected chi connectivity index (χ1v) is 12.7. The number of esters is 1. The smallest absolute Gasteiger partial charge is 0.308 e. The lowest BCUT2D eigenvalue weighted by Crippen LogP contribution is -2.12. The molecule has 0 saturated carbocycles. The summed E-state index contributed by atoms with van der Waals surface area (Å²) in [6.07, 6.45) is 0.0684. The number of benzene rings is 2. The summed E-state index contributed by atoms with van der Waals surface area (Å²) in [7, 11) is 4.74. The molecule has 9 heteroatoms. The van der Waals surface area contributed by atoms with E-state index >= 15 is 0 Å². The fourth-order valence-corrected chi connectivity index (χ4v) is 5.93. The number of hydrogen-bond acceptors (Lipinski definition) is 8. The van der Waals surface area contributed by atoms with E-state index in [1.807, 2.05) is 29.7 Å². The molecule has 8 nitrogen and oxygen atoms in total. The summed E-state index contributed by atoms with van der Waals surface area (Å²) in [4.78, 5) is 18.6. The molecule has 1 atom stereocenters. The second kappa shape index (κ2) is 10.3. The molecule has 4 aromatic rings. The summed E-state index contributed by atoms with van der Waals surface area (Å²) in [6.45, 7) is 4.49. The summed E-state index contributed by atoms with van der Waals surface area (Å²) in [5.41, 5.74) is 5.98. The predicted molar refractivity (Wildman–Crippen MR) is 143 cm³/mol. The van der Waals surface area contributed by atoms with Crippen molar-refractivity contribution < 1.29 is 19.0 Å². The van der Waals surface area contributed by atoms with Crippen molar-refractivity contribution in [3.63, 3.8) is 0 Å². The second-order valence-electron chi connectivity index (χ2n) is 8.79. The van der Waals surface area contributed by atoms with Crippen molar-refractivity contribution in [2.45, 2.75) is 32.9 Å². The first-order chi connectivity index (χ1) is 17.9. The van der Waals surface area contributed by atoms with Crippen LogP contribution in [0.3, 0.4) is 0 Å². The molecule has 3 heterocycles. The van der Waals surface area contributed by atoms with E-state index < -0.39 is 6.04 Å². The molecule has 190 valence electrons. The van der Waals surface area contributed by atoms with Crippen LogP contribution in [-0.4, -0.2) is 47.8 Å². The van der Waals surface area contributed by atoms with Gasteiger partial charge in [0, 0.05) is 23.1 Å². The van der Waals surface area contributed by atoms with E-state index in [1.54, 1.807) is 25.6 Å². The van der Waals surface area contributed by atoms with Gasteiger partial charge in [-0.25, -0.2) is 0 Å². The number of rotatable bonds is 7. The van der Waals surface area contributed by atoms with Gasteiger partial charge in [0.25, 0.3) is 0 Å². The third-order valence-electron chi connectivity index (χ3n) is 6.52. The SMILES string of the molecule is COCc1sc2c(c1C)C(c1ccc(-c3cccc(OC)c3)cc1)=N[C@@H](CC(=O)OC)c1nnc(C)n1-2. The van der Waals surface area contributed by atoms with Crippen LogP contribution >= 0.6 is 11.3 Å². The maximum absolute atomic E-state index is 12.4. The monoisotopic (exact) mass is 516 g/mol. The van der Waals surface area contributed by atoms with Gasteiger partial charge < -0.3 is 14.2 Å². The highest BCUT2D eigenvalue weighted by molar-refractivity contribution is 7.15. The Morgan fingerprint density at radius 1 is 1.00 bits per heavy atom. The zero-order valence-corrected chi connectivity index (χ0v) is 22.3. The fraction of sp³-hybridized carbons (Fsp3) is 0.286. The van der Waals surface area contributed by atoms with Crippen LogP contribution in [0.1, 0.15) is 45.7 Å². The van der Waals surface area contributed by atoms with Crippen LogP contribution in [0.5, 0.6) is 5.75 Å². The molecule has 0 amide bonds. The summed E-state index contributed by atoms with van der Waals surface area (Å²) >= 11 is 1.64. The molecule has 0 N–H and O–H groups in total. The van der Waals surface area contributed by atoms with Crippen molar-refractivity contribution in [1.82, 2.24) is 14.8 Å². The second-order valence-corrected chi connectivity index (χ2v) is 9.87. The van der Waals surface area contributed by atoms with E-state index in [2.05, 4.69) is 47.5 Å². The Morgan fingerprint density at radius 2 is 1.76 bits per heavy atom. The highest BCUT2D eigenvalue weighted by Crippen LogP contribution is 2.40. The molecule has 0 saturated heterocycles. The standard InChI is InChI=1S/C28H28N4O4S/c1-16-23(15-34-3)37-28-25(16)26(29-22(14-24(33)36-5)27-31-30-17(2)32(27)28)19-11-9-18(10-12-19)20-7-6-8-21(13-20)35-4/h6-13,22H,14-15H2,1-5H3/t22-/m0/s1. The third kappa shape index (κ3) is 4.56.